The van der Waals surface area contributed by atoms with Crippen molar-refractivity contribution in [3.05, 3.63) is 0 Å². The van der Waals surface area contributed by atoms with Gasteiger partial charge in [-0.05, 0) is 21.2 Å². The highest BCUT2D eigenvalue weighted by Gasteiger charge is 1.92. The van der Waals surface area contributed by atoms with Gasteiger partial charge in [-0.2, -0.15) is 0 Å². The Kier molecular flexibility index (Phi) is 7.07. The number of hydrogen-bond acceptors (Lipinski definition) is 2. The van der Waals surface area contributed by atoms with E-state index in [1.807, 2.05) is 6.92 Å². The van der Waals surface area contributed by atoms with Crippen LogP contribution in [-0.2, 0) is 4.79 Å². The Morgan fingerprint density at radius 1 is 1.78 bits per heavy atom. The Morgan fingerprint density at radius 2 is 2.44 bits per heavy atom. The predicted octanol–water partition coefficient (Wildman–Crippen LogP) is 1.60. The van der Waals surface area contributed by atoms with Gasteiger partial charge in [0.15, 0.2) is 0 Å². The van der Waals surface area contributed by atoms with E-state index in [4.69, 9.17) is 0 Å². The van der Waals surface area contributed by atoms with Crippen molar-refractivity contribution in [2.45, 2.75) is 13.3 Å². The summed E-state index contributed by atoms with van der Waals surface area (Å²) in [5.74, 6) is 1.13. The lowest BCUT2D eigenvalue weighted by atomic mass is 10.4. The zero-order chi connectivity index (χ0) is 7.11. The van der Waals surface area contributed by atoms with Gasteiger partial charge in [-0.25, -0.2) is 0 Å². The van der Waals surface area contributed by atoms with Crippen LogP contribution in [0.2, 0.25) is 0 Å². The quantitative estimate of drug-likeness (QED) is 0.613. The molecule has 0 atom stereocenters. The Hall–Kier alpha value is 0.550. The summed E-state index contributed by atoms with van der Waals surface area (Å²) in [7, 11) is 1.71. The topological polar surface area (TPSA) is 29.1 Å². The Balaban J connectivity index is 2.97. The number of hydrogen-bond donors (Lipinski definition) is 1. The van der Waals surface area contributed by atoms with E-state index in [2.05, 4.69) is 26.5 Å². The van der Waals surface area contributed by atoms with Gasteiger partial charge in [-0.15, -0.1) is 0 Å². The third-order valence-electron chi connectivity index (χ3n) is 0.822. The minimum Gasteiger partial charge on any atom is -0.355 e. The van der Waals surface area contributed by atoms with E-state index in [0.29, 0.717) is 6.42 Å². The Bertz CT molecular complexity index is 89.0. The second-order valence-electron chi connectivity index (χ2n) is 1.52. The van der Waals surface area contributed by atoms with E-state index in [1.54, 1.807) is 8.93 Å². The van der Waals surface area contributed by atoms with Crippen LogP contribution in [0.3, 0.4) is 0 Å². The molecular weight excluding hydrogens is 249 g/mol. The number of carbonyl (C=O) groups excluding carboxylic acids is 1. The number of rotatable bonds is 4. The van der Waals surface area contributed by atoms with Crippen molar-refractivity contribution in [3.8, 4) is 0 Å². The molecule has 1 N–H and O–H groups in total. The third kappa shape index (κ3) is 6.44. The average molecular weight is 259 g/mol. The zero-order valence-corrected chi connectivity index (χ0v) is 8.29. The fourth-order valence-electron chi connectivity index (χ4n) is 0.354. The molecule has 0 aliphatic heterocycles. The third-order valence-corrected chi connectivity index (χ3v) is 2.50. The maximum atomic E-state index is 10.6. The van der Waals surface area contributed by atoms with Gasteiger partial charge in [0, 0.05) is 18.7 Å². The lowest BCUT2D eigenvalue weighted by molar-refractivity contribution is -0.120. The molecule has 0 fully saturated rings. The summed E-state index contributed by atoms with van der Waals surface area (Å²) in [6.07, 6.45) is 0.589. The smallest absolute Gasteiger partial charge is 0.219 e. The molecule has 0 rings (SSSR count). The molecule has 1 amide bonds. The molecule has 9 heavy (non-hydrogen) atoms. The molecule has 0 aromatic heterocycles. The monoisotopic (exact) mass is 259 g/mol. The first kappa shape index (κ1) is 9.55. The maximum Gasteiger partial charge on any atom is 0.219 e. The summed E-state index contributed by atoms with van der Waals surface area (Å²) >= 11 is 2.21. The highest BCUT2D eigenvalue weighted by atomic mass is 127. The molecule has 0 bridgehead atoms. The van der Waals surface area contributed by atoms with Crippen molar-refractivity contribution in [1.82, 2.24) is 5.32 Å². The van der Waals surface area contributed by atoms with Crippen molar-refractivity contribution >= 4 is 36.0 Å². The summed E-state index contributed by atoms with van der Waals surface area (Å²) in [6, 6.07) is 0. The van der Waals surface area contributed by atoms with Crippen LogP contribution in [-0.4, -0.2) is 18.2 Å². The fourth-order valence-corrected chi connectivity index (χ4v) is 1.19. The first-order valence-electron chi connectivity index (χ1n) is 2.81. The van der Waals surface area contributed by atoms with E-state index < -0.39 is 0 Å². The Labute approximate surface area is 71.7 Å². The molecule has 2 nitrogen and oxygen atoms in total. The van der Waals surface area contributed by atoms with Crippen LogP contribution in [0.4, 0.5) is 0 Å². The average Bonchev–Trinajstić information content (AvgIpc) is 1.89. The van der Waals surface area contributed by atoms with Crippen molar-refractivity contribution in [3.63, 3.8) is 0 Å². The van der Waals surface area contributed by atoms with Crippen LogP contribution in [0.15, 0.2) is 0 Å². The molecular formula is C5H10INOS. The lowest BCUT2D eigenvalue weighted by Gasteiger charge is -1.98. The second-order valence-corrected chi connectivity index (χ2v) is 4.01. The standard InChI is InChI=1S/C5H10INOS/c1-2-5(8)7-3-4-9-6/h2-4H2,1H3,(H,7,8). The minimum absolute atomic E-state index is 0.139. The van der Waals surface area contributed by atoms with Crippen LogP contribution in [0.5, 0.6) is 0 Å². The molecule has 0 unspecified atom stereocenters. The second kappa shape index (κ2) is 6.67. The number of amides is 1. The molecule has 0 saturated carbocycles. The summed E-state index contributed by atoms with van der Waals surface area (Å²) < 4.78 is 0. The molecule has 0 aromatic rings. The van der Waals surface area contributed by atoms with Gasteiger partial charge in [-0.1, -0.05) is 15.9 Å². The molecule has 0 saturated heterocycles. The van der Waals surface area contributed by atoms with Crippen LogP contribution in [0.25, 0.3) is 0 Å². The van der Waals surface area contributed by atoms with Gasteiger partial charge >= 0.3 is 0 Å². The largest absolute Gasteiger partial charge is 0.355 e. The van der Waals surface area contributed by atoms with E-state index in [9.17, 15) is 4.79 Å². The first-order valence-corrected chi connectivity index (χ1v) is 6.34. The fraction of sp³-hybridized carbons (Fsp3) is 0.800. The van der Waals surface area contributed by atoms with Gasteiger partial charge in [0.1, 0.15) is 0 Å². The first-order chi connectivity index (χ1) is 4.31. The lowest BCUT2D eigenvalue weighted by Crippen LogP contribution is -2.24. The van der Waals surface area contributed by atoms with Crippen molar-refractivity contribution in [2.75, 3.05) is 12.3 Å². The van der Waals surface area contributed by atoms with Crippen LogP contribution >= 0.6 is 30.1 Å². The summed E-state index contributed by atoms with van der Waals surface area (Å²) in [4.78, 5) is 10.6. The van der Waals surface area contributed by atoms with Crippen molar-refractivity contribution in [2.24, 2.45) is 0 Å². The number of carbonyl (C=O) groups is 1. The van der Waals surface area contributed by atoms with E-state index >= 15 is 0 Å². The van der Waals surface area contributed by atoms with Crippen molar-refractivity contribution in [1.29, 1.82) is 0 Å². The van der Waals surface area contributed by atoms with Crippen LogP contribution < -0.4 is 5.32 Å². The molecule has 0 spiro atoms. The molecule has 0 aliphatic carbocycles. The van der Waals surface area contributed by atoms with Crippen molar-refractivity contribution < 1.29 is 4.79 Å². The molecule has 0 aromatic carbocycles. The highest BCUT2D eigenvalue weighted by molar-refractivity contribution is 14.2. The minimum atomic E-state index is 0.139. The summed E-state index contributed by atoms with van der Waals surface area (Å²) in [5, 5.41) is 2.77. The zero-order valence-electron chi connectivity index (χ0n) is 5.32. The summed E-state index contributed by atoms with van der Waals surface area (Å²) in [5.41, 5.74) is 0. The maximum absolute atomic E-state index is 10.6. The van der Waals surface area contributed by atoms with Gasteiger partial charge in [0.25, 0.3) is 0 Å². The summed E-state index contributed by atoms with van der Waals surface area (Å²) in [6.45, 7) is 2.65. The highest BCUT2D eigenvalue weighted by Crippen LogP contribution is 2.07. The number of halogens is 1. The van der Waals surface area contributed by atoms with Gasteiger partial charge < -0.3 is 5.32 Å². The van der Waals surface area contributed by atoms with E-state index in [1.165, 1.54) is 0 Å². The Morgan fingerprint density at radius 3 is 2.89 bits per heavy atom. The van der Waals surface area contributed by atoms with E-state index in [0.717, 1.165) is 12.3 Å². The number of nitrogens with one attached hydrogen (secondary N) is 1. The predicted molar refractivity (Wildman–Crippen MR) is 49.8 cm³/mol. The normalized spacial score (nSPS) is 9.11. The van der Waals surface area contributed by atoms with Crippen LogP contribution in [0, 0.1) is 0 Å². The molecule has 0 radical (unpaired) electrons. The van der Waals surface area contributed by atoms with Crippen LogP contribution in [0.1, 0.15) is 13.3 Å². The van der Waals surface area contributed by atoms with Gasteiger partial charge in [-0.3, -0.25) is 4.79 Å². The SMILES string of the molecule is CCC(=O)NCCSI. The molecule has 54 valence electrons. The molecule has 0 heterocycles. The van der Waals surface area contributed by atoms with Gasteiger partial charge in [0.2, 0.25) is 5.91 Å². The molecule has 0 aliphatic rings. The van der Waals surface area contributed by atoms with Gasteiger partial charge in [0.05, 0.1) is 0 Å². The molecule has 4 heteroatoms. The van der Waals surface area contributed by atoms with E-state index in [-0.39, 0.29) is 5.91 Å².